The van der Waals surface area contributed by atoms with E-state index >= 15 is 0 Å². The van der Waals surface area contributed by atoms with Gasteiger partial charge in [-0.15, -0.1) is 11.3 Å². The molecule has 0 aliphatic carbocycles. The summed E-state index contributed by atoms with van der Waals surface area (Å²) >= 11 is 1.46. The summed E-state index contributed by atoms with van der Waals surface area (Å²) in [6.45, 7) is 0. The molecule has 0 unspecified atom stereocenters. The predicted octanol–water partition coefficient (Wildman–Crippen LogP) is 5.63. The van der Waals surface area contributed by atoms with Crippen LogP contribution >= 0.6 is 11.3 Å². The van der Waals surface area contributed by atoms with Gasteiger partial charge in [0.1, 0.15) is 17.3 Å². The van der Waals surface area contributed by atoms with E-state index < -0.39 is 5.97 Å². The molecule has 0 atom stereocenters. The molecule has 2 heterocycles. The largest absolute Gasteiger partial charge is 0.464 e. The van der Waals surface area contributed by atoms with Gasteiger partial charge in [-0.1, -0.05) is 24.3 Å². The molecule has 2 aromatic heterocycles. The second kappa shape index (κ2) is 6.38. The summed E-state index contributed by atoms with van der Waals surface area (Å²) in [6.07, 6.45) is 0. The number of aromatic amines is 1. The van der Waals surface area contributed by atoms with Gasteiger partial charge in [0.05, 0.1) is 17.3 Å². The van der Waals surface area contributed by atoms with Crippen LogP contribution in [-0.2, 0) is 4.74 Å². The molecule has 2 aromatic carbocycles. The zero-order valence-electron chi connectivity index (χ0n) is 13.7. The number of ether oxygens (including phenoxy) is 1. The molecule has 0 fully saturated rings. The molecule has 130 valence electrons. The zero-order chi connectivity index (χ0) is 18.3. The first-order valence-electron chi connectivity index (χ1n) is 7.82. The second-order valence-electron chi connectivity index (χ2n) is 5.73. The molecule has 0 aliphatic rings. The number of halogens is 2. The van der Waals surface area contributed by atoms with Crippen LogP contribution in [0.2, 0.25) is 0 Å². The number of esters is 1. The van der Waals surface area contributed by atoms with Gasteiger partial charge in [0.2, 0.25) is 0 Å². The maximum absolute atomic E-state index is 13.3. The van der Waals surface area contributed by atoms with E-state index in [9.17, 15) is 13.6 Å². The number of H-pyrrole nitrogens is 1. The Balaban J connectivity index is 1.96. The Morgan fingerprint density at radius 1 is 0.962 bits per heavy atom. The summed E-state index contributed by atoms with van der Waals surface area (Å²) in [6, 6.07) is 12.1. The topological polar surface area (TPSA) is 42.1 Å². The molecule has 4 aromatic rings. The van der Waals surface area contributed by atoms with Crippen molar-refractivity contribution in [1.82, 2.24) is 4.98 Å². The number of hydrogen-bond acceptors (Lipinski definition) is 3. The average molecular weight is 369 g/mol. The summed E-state index contributed by atoms with van der Waals surface area (Å²) in [5, 5.41) is 1.95. The fraction of sp³-hybridized carbons (Fsp3) is 0.0500. The Labute approximate surface area is 151 Å². The highest BCUT2D eigenvalue weighted by molar-refractivity contribution is 7.18. The van der Waals surface area contributed by atoms with Crippen molar-refractivity contribution in [2.24, 2.45) is 0 Å². The fourth-order valence-electron chi connectivity index (χ4n) is 2.96. The molecule has 1 N–H and O–H groups in total. The quantitative estimate of drug-likeness (QED) is 0.476. The lowest BCUT2D eigenvalue weighted by Gasteiger charge is -2.03. The number of carbonyl (C=O) groups is 1. The number of fused-ring (bicyclic) bond motifs is 1. The predicted molar refractivity (Wildman–Crippen MR) is 98.3 cm³/mol. The second-order valence-corrected chi connectivity index (χ2v) is 6.61. The van der Waals surface area contributed by atoms with Crippen molar-refractivity contribution in [3.63, 3.8) is 0 Å². The average Bonchev–Trinajstić information content (AvgIpc) is 3.22. The molecule has 0 amide bonds. The molecule has 0 spiro atoms. The van der Waals surface area contributed by atoms with E-state index in [2.05, 4.69) is 4.98 Å². The van der Waals surface area contributed by atoms with E-state index in [0.717, 1.165) is 21.3 Å². The minimum absolute atomic E-state index is 0.310. The summed E-state index contributed by atoms with van der Waals surface area (Å²) in [5.74, 6) is -1.16. The van der Waals surface area contributed by atoms with E-state index in [-0.39, 0.29) is 11.6 Å². The lowest BCUT2D eigenvalue weighted by Crippen LogP contribution is -2.03. The van der Waals surface area contributed by atoms with Crippen molar-refractivity contribution < 1.29 is 18.3 Å². The molecule has 6 heteroatoms. The molecule has 0 saturated heterocycles. The van der Waals surface area contributed by atoms with Crippen molar-refractivity contribution >= 4 is 27.5 Å². The third kappa shape index (κ3) is 2.68. The maximum Gasteiger partial charge on any atom is 0.355 e. The first kappa shape index (κ1) is 16.5. The van der Waals surface area contributed by atoms with Crippen LogP contribution in [0.25, 0.3) is 32.5 Å². The summed E-state index contributed by atoms with van der Waals surface area (Å²) in [7, 11) is 1.31. The van der Waals surface area contributed by atoms with Gasteiger partial charge in [-0.05, 0) is 35.4 Å². The number of benzene rings is 2. The van der Waals surface area contributed by atoms with E-state index in [0.29, 0.717) is 16.8 Å². The highest BCUT2D eigenvalue weighted by Gasteiger charge is 2.23. The molecule has 0 saturated carbocycles. The summed E-state index contributed by atoms with van der Waals surface area (Å²) < 4.78 is 32.3. The highest BCUT2D eigenvalue weighted by atomic mass is 32.1. The van der Waals surface area contributed by atoms with Crippen molar-refractivity contribution in [1.29, 1.82) is 0 Å². The molecular weight excluding hydrogens is 356 g/mol. The molecule has 0 aliphatic heterocycles. The smallest absolute Gasteiger partial charge is 0.355 e. The van der Waals surface area contributed by atoms with Crippen LogP contribution in [-0.4, -0.2) is 18.1 Å². The van der Waals surface area contributed by atoms with Crippen LogP contribution in [0.1, 0.15) is 10.5 Å². The van der Waals surface area contributed by atoms with E-state index in [4.69, 9.17) is 4.74 Å². The number of carbonyl (C=O) groups excluding carboxylic acids is 1. The standard InChI is InChI=1S/C20H13F2NO2S/c1-25-20(24)18-16(12-4-8-14(22)9-5-12)19-17(23-18)15(10-26-19)11-2-6-13(21)7-3-11/h2-10,23H,1H3. The number of thiophene rings is 1. The Hall–Kier alpha value is -2.99. The monoisotopic (exact) mass is 369 g/mol. The SMILES string of the molecule is COC(=O)c1[nH]c2c(-c3ccc(F)cc3)csc2c1-c1ccc(F)cc1. The number of nitrogens with one attached hydrogen (secondary N) is 1. The van der Waals surface area contributed by atoms with E-state index in [1.807, 2.05) is 5.38 Å². The lowest BCUT2D eigenvalue weighted by atomic mass is 10.0. The normalized spacial score (nSPS) is 11.0. The molecule has 0 bridgehead atoms. The van der Waals surface area contributed by atoms with Crippen LogP contribution in [0.4, 0.5) is 8.78 Å². The highest BCUT2D eigenvalue weighted by Crippen LogP contribution is 2.41. The Bertz CT molecular complexity index is 1100. The summed E-state index contributed by atoms with van der Waals surface area (Å²) in [5.41, 5.74) is 4.16. The molecule has 4 rings (SSSR count). The number of hydrogen-bond donors (Lipinski definition) is 1. The lowest BCUT2D eigenvalue weighted by molar-refractivity contribution is 0.0596. The van der Waals surface area contributed by atoms with Gasteiger partial charge in [-0.2, -0.15) is 0 Å². The first-order chi connectivity index (χ1) is 12.6. The van der Waals surface area contributed by atoms with Gasteiger partial charge in [0.15, 0.2) is 0 Å². The first-order valence-corrected chi connectivity index (χ1v) is 8.70. The molecule has 3 nitrogen and oxygen atoms in total. The van der Waals surface area contributed by atoms with Crippen LogP contribution in [0.5, 0.6) is 0 Å². The number of aromatic nitrogens is 1. The number of rotatable bonds is 3. The Kier molecular flexibility index (Phi) is 4.05. The van der Waals surface area contributed by atoms with Gasteiger partial charge in [-0.25, -0.2) is 13.6 Å². The van der Waals surface area contributed by atoms with Crippen molar-refractivity contribution in [2.75, 3.05) is 7.11 Å². The Morgan fingerprint density at radius 2 is 1.54 bits per heavy atom. The Morgan fingerprint density at radius 3 is 2.12 bits per heavy atom. The van der Waals surface area contributed by atoms with Crippen molar-refractivity contribution in [2.45, 2.75) is 0 Å². The van der Waals surface area contributed by atoms with E-state index in [1.54, 1.807) is 24.3 Å². The zero-order valence-corrected chi connectivity index (χ0v) is 14.5. The van der Waals surface area contributed by atoms with Gasteiger partial charge in [0, 0.05) is 16.5 Å². The van der Waals surface area contributed by atoms with Crippen LogP contribution in [0.3, 0.4) is 0 Å². The summed E-state index contributed by atoms with van der Waals surface area (Å²) in [4.78, 5) is 15.4. The molecule has 26 heavy (non-hydrogen) atoms. The molecule has 0 radical (unpaired) electrons. The van der Waals surface area contributed by atoms with E-state index in [1.165, 1.54) is 42.7 Å². The van der Waals surface area contributed by atoms with Crippen LogP contribution < -0.4 is 0 Å². The fourth-order valence-corrected chi connectivity index (χ4v) is 4.06. The van der Waals surface area contributed by atoms with Gasteiger partial charge >= 0.3 is 5.97 Å². The molecular formula is C20H13F2NO2S. The van der Waals surface area contributed by atoms with Crippen LogP contribution in [0, 0.1) is 11.6 Å². The van der Waals surface area contributed by atoms with Gasteiger partial charge in [-0.3, -0.25) is 0 Å². The third-order valence-electron chi connectivity index (χ3n) is 4.20. The van der Waals surface area contributed by atoms with Gasteiger partial charge < -0.3 is 9.72 Å². The minimum Gasteiger partial charge on any atom is -0.464 e. The number of methoxy groups -OCH3 is 1. The van der Waals surface area contributed by atoms with Crippen molar-refractivity contribution in [3.05, 3.63) is 71.2 Å². The minimum atomic E-state index is -0.502. The van der Waals surface area contributed by atoms with Crippen LogP contribution in [0.15, 0.2) is 53.9 Å². The van der Waals surface area contributed by atoms with Gasteiger partial charge in [0.25, 0.3) is 0 Å². The maximum atomic E-state index is 13.3. The van der Waals surface area contributed by atoms with Crippen molar-refractivity contribution in [3.8, 4) is 22.3 Å². The third-order valence-corrected chi connectivity index (χ3v) is 5.19.